The maximum absolute atomic E-state index is 12.6. The molecule has 3 N–H and O–H groups in total. The molecule has 2 amide bonds. The Morgan fingerprint density at radius 2 is 2.00 bits per heavy atom. The molecule has 1 heterocycles. The molecule has 0 aromatic carbocycles. The molecule has 1 unspecified atom stereocenters. The van der Waals surface area contributed by atoms with E-state index in [0.717, 1.165) is 19.3 Å². The summed E-state index contributed by atoms with van der Waals surface area (Å²) in [5.41, 5.74) is -1.22. The third kappa shape index (κ3) is 3.93. The molecule has 1 aliphatic carbocycles. The number of carbonyl (C=O) groups is 3. The van der Waals surface area contributed by atoms with Gasteiger partial charge in [0.2, 0.25) is 0 Å². The highest BCUT2D eigenvalue weighted by Crippen LogP contribution is 2.29. The highest BCUT2D eigenvalue weighted by molar-refractivity contribution is 5.89. The number of carboxylic acids is 1. The summed E-state index contributed by atoms with van der Waals surface area (Å²) in [4.78, 5) is 37.7. The Morgan fingerprint density at radius 3 is 2.61 bits per heavy atom. The number of rotatable bonds is 4. The molecule has 0 aromatic rings. The molecule has 0 spiro atoms. The van der Waals surface area contributed by atoms with Gasteiger partial charge in [-0.3, -0.25) is 0 Å². The van der Waals surface area contributed by atoms with Gasteiger partial charge in [-0.15, -0.1) is 0 Å². The first-order valence-electron chi connectivity index (χ1n) is 8.20. The number of hydrogen-bond donors (Lipinski definition) is 3. The fourth-order valence-electron chi connectivity index (χ4n) is 3.22. The minimum Gasteiger partial charge on any atom is -0.480 e. The van der Waals surface area contributed by atoms with Crippen LogP contribution in [-0.2, 0) is 14.3 Å². The first-order chi connectivity index (χ1) is 11.0. The van der Waals surface area contributed by atoms with Crippen molar-refractivity contribution in [2.24, 2.45) is 0 Å². The number of urea groups is 1. The number of nitrogens with zero attached hydrogens (tertiary/aromatic N) is 1. The van der Waals surface area contributed by atoms with Gasteiger partial charge in [0.05, 0.1) is 6.61 Å². The van der Waals surface area contributed by atoms with Crippen molar-refractivity contribution in [3.63, 3.8) is 0 Å². The lowest BCUT2D eigenvalue weighted by Crippen LogP contribution is -2.64. The van der Waals surface area contributed by atoms with Crippen molar-refractivity contribution in [1.29, 1.82) is 0 Å². The van der Waals surface area contributed by atoms with Crippen molar-refractivity contribution in [3.05, 3.63) is 0 Å². The molecule has 0 radical (unpaired) electrons. The Bertz CT molecular complexity index is 462. The summed E-state index contributed by atoms with van der Waals surface area (Å²) in [6.07, 6.45) is 3.36. The first-order valence-corrected chi connectivity index (χ1v) is 8.20. The van der Waals surface area contributed by atoms with Gasteiger partial charge in [0, 0.05) is 19.6 Å². The van der Waals surface area contributed by atoms with Gasteiger partial charge in [0.15, 0.2) is 0 Å². The predicted octanol–water partition coefficient (Wildman–Crippen LogP) is 0.320. The molecule has 2 fully saturated rings. The van der Waals surface area contributed by atoms with Gasteiger partial charge in [0.25, 0.3) is 0 Å². The van der Waals surface area contributed by atoms with Crippen LogP contribution in [0.5, 0.6) is 0 Å². The maximum Gasteiger partial charge on any atom is 0.330 e. The van der Waals surface area contributed by atoms with Gasteiger partial charge in [-0.2, -0.15) is 0 Å². The number of amides is 2. The number of hydrogen-bond acceptors (Lipinski definition) is 5. The number of piperazine rings is 1. The molecule has 23 heavy (non-hydrogen) atoms. The molecule has 1 saturated carbocycles. The minimum absolute atomic E-state index is 0.240. The summed E-state index contributed by atoms with van der Waals surface area (Å²) in [6.45, 7) is 3.16. The number of nitrogens with one attached hydrogen (secondary N) is 2. The number of carbonyl (C=O) groups excluding carboxylic acids is 2. The monoisotopic (exact) mass is 327 g/mol. The normalized spacial score (nSPS) is 23.9. The molecular weight excluding hydrogens is 302 g/mol. The van der Waals surface area contributed by atoms with Gasteiger partial charge in [-0.1, -0.05) is 19.3 Å². The van der Waals surface area contributed by atoms with E-state index in [2.05, 4.69) is 10.6 Å². The van der Waals surface area contributed by atoms with Crippen molar-refractivity contribution in [1.82, 2.24) is 15.5 Å². The van der Waals surface area contributed by atoms with E-state index in [1.807, 2.05) is 0 Å². The first kappa shape index (κ1) is 17.5. The zero-order valence-electron chi connectivity index (χ0n) is 13.5. The third-order valence-electron chi connectivity index (χ3n) is 4.53. The fourth-order valence-corrected chi connectivity index (χ4v) is 3.22. The summed E-state index contributed by atoms with van der Waals surface area (Å²) in [5.74, 6) is -1.48. The van der Waals surface area contributed by atoms with E-state index >= 15 is 0 Å². The standard InChI is InChI=1S/C15H25N3O5/c1-2-23-12(19)11-10-16-8-9-18(11)14(22)17-15(13(20)21)6-4-3-5-7-15/h11,16H,2-10H2,1H3,(H,17,22)(H,20,21). The maximum atomic E-state index is 12.6. The van der Waals surface area contributed by atoms with Gasteiger partial charge in [0.1, 0.15) is 11.6 Å². The van der Waals surface area contributed by atoms with Gasteiger partial charge >= 0.3 is 18.0 Å². The molecule has 1 saturated heterocycles. The molecular formula is C15H25N3O5. The largest absolute Gasteiger partial charge is 0.480 e. The quantitative estimate of drug-likeness (QED) is 0.642. The van der Waals surface area contributed by atoms with Gasteiger partial charge in [-0.25, -0.2) is 14.4 Å². The Labute approximate surface area is 135 Å². The zero-order valence-corrected chi connectivity index (χ0v) is 13.5. The van der Waals surface area contributed by atoms with Crippen LogP contribution in [0.15, 0.2) is 0 Å². The second-order valence-corrected chi connectivity index (χ2v) is 6.04. The Hall–Kier alpha value is -1.83. The molecule has 1 aliphatic heterocycles. The van der Waals surface area contributed by atoms with Crippen LogP contribution >= 0.6 is 0 Å². The molecule has 2 rings (SSSR count). The van der Waals surface area contributed by atoms with Crippen molar-refractivity contribution in [3.8, 4) is 0 Å². The lowest BCUT2D eigenvalue weighted by molar-refractivity contribution is -0.149. The fraction of sp³-hybridized carbons (Fsp3) is 0.800. The summed E-state index contributed by atoms with van der Waals surface area (Å²) in [7, 11) is 0. The SMILES string of the molecule is CCOC(=O)C1CNCCN1C(=O)NC1(C(=O)O)CCCCC1. The highest BCUT2D eigenvalue weighted by atomic mass is 16.5. The smallest absolute Gasteiger partial charge is 0.330 e. The summed E-state index contributed by atoms with van der Waals surface area (Å²) >= 11 is 0. The van der Waals surface area contributed by atoms with Crippen LogP contribution in [0, 0.1) is 0 Å². The van der Waals surface area contributed by atoms with Crippen LogP contribution in [0.3, 0.4) is 0 Å². The molecule has 8 nitrogen and oxygen atoms in total. The van der Waals surface area contributed by atoms with Crippen molar-refractivity contribution < 1.29 is 24.2 Å². The van der Waals surface area contributed by atoms with E-state index in [1.54, 1.807) is 6.92 Å². The van der Waals surface area contributed by atoms with E-state index in [0.29, 0.717) is 32.5 Å². The summed E-state index contributed by atoms with van der Waals surface area (Å²) in [6, 6.07) is -1.23. The zero-order chi connectivity index (χ0) is 16.9. The van der Waals surface area contributed by atoms with Crippen molar-refractivity contribution in [2.75, 3.05) is 26.2 Å². The highest BCUT2D eigenvalue weighted by Gasteiger charge is 2.43. The summed E-state index contributed by atoms with van der Waals surface area (Å²) < 4.78 is 5.01. The number of aliphatic carboxylic acids is 1. The number of ether oxygens (including phenoxy) is 1. The van der Waals surface area contributed by atoms with E-state index in [9.17, 15) is 19.5 Å². The predicted molar refractivity (Wildman–Crippen MR) is 82.0 cm³/mol. The molecule has 130 valence electrons. The Balaban J connectivity index is 2.09. The van der Waals surface area contributed by atoms with Crippen LogP contribution in [-0.4, -0.2) is 65.8 Å². The van der Waals surface area contributed by atoms with Crippen LogP contribution in [0.2, 0.25) is 0 Å². The Morgan fingerprint density at radius 1 is 1.30 bits per heavy atom. The minimum atomic E-state index is -1.22. The molecule has 1 atom stereocenters. The van der Waals surface area contributed by atoms with Gasteiger partial charge in [-0.05, 0) is 19.8 Å². The van der Waals surface area contributed by atoms with Crippen LogP contribution in [0.25, 0.3) is 0 Å². The number of carboxylic acid groups (broad SMARTS) is 1. The molecule has 0 aromatic heterocycles. The van der Waals surface area contributed by atoms with E-state index < -0.39 is 29.6 Å². The van der Waals surface area contributed by atoms with Gasteiger partial charge < -0.3 is 25.4 Å². The van der Waals surface area contributed by atoms with Crippen LogP contribution < -0.4 is 10.6 Å². The van der Waals surface area contributed by atoms with Crippen molar-refractivity contribution in [2.45, 2.75) is 50.6 Å². The Kier molecular flexibility index (Phi) is 5.81. The summed E-state index contributed by atoms with van der Waals surface area (Å²) in [5, 5.41) is 15.3. The van der Waals surface area contributed by atoms with E-state index in [1.165, 1.54) is 4.90 Å². The van der Waals surface area contributed by atoms with Crippen molar-refractivity contribution >= 4 is 18.0 Å². The van der Waals surface area contributed by atoms with Crippen LogP contribution in [0.4, 0.5) is 4.79 Å². The van der Waals surface area contributed by atoms with E-state index in [-0.39, 0.29) is 6.61 Å². The average Bonchev–Trinajstić information content (AvgIpc) is 2.55. The molecule has 2 aliphatic rings. The molecule has 0 bridgehead atoms. The lowest BCUT2D eigenvalue weighted by Gasteiger charge is -2.39. The number of esters is 1. The van der Waals surface area contributed by atoms with Crippen LogP contribution in [0.1, 0.15) is 39.0 Å². The third-order valence-corrected chi connectivity index (χ3v) is 4.53. The second-order valence-electron chi connectivity index (χ2n) is 6.04. The topological polar surface area (TPSA) is 108 Å². The lowest BCUT2D eigenvalue weighted by atomic mass is 9.82. The molecule has 8 heteroatoms. The van der Waals surface area contributed by atoms with E-state index in [4.69, 9.17) is 4.74 Å². The average molecular weight is 327 g/mol. The second kappa shape index (κ2) is 7.63.